The first kappa shape index (κ1) is 15.2. The van der Waals surface area contributed by atoms with Crippen LogP contribution in [0.15, 0.2) is 48.5 Å². The molecule has 0 aliphatic rings. The number of aryl methyl sites for hydroxylation is 2. The molecule has 1 atom stereocenters. The summed E-state index contributed by atoms with van der Waals surface area (Å²) in [5.41, 5.74) is 3.59. The predicted octanol–water partition coefficient (Wildman–Crippen LogP) is 4.89. The molecule has 0 aliphatic carbocycles. The van der Waals surface area contributed by atoms with Crippen molar-refractivity contribution in [2.24, 2.45) is 0 Å². The van der Waals surface area contributed by atoms with Gasteiger partial charge < -0.3 is 0 Å². The largest absolute Gasteiger partial charge is 0.272 e. The molecule has 110 valence electrons. The molecule has 2 rings (SSSR count). The molecular weight excluding hydrogens is 262 g/mol. The van der Waals surface area contributed by atoms with Crippen molar-refractivity contribution in [3.05, 3.63) is 75.3 Å². The van der Waals surface area contributed by atoms with Crippen molar-refractivity contribution in [3.8, 4) is 0 Å². The average molecular weight is 283 g/mol. The molecule has 21 heavy (non-hydrogen) atoms. The molecule has 1 unspecified atom stereocenters. The van der Waals surface area contributed by atoms with Crippen molar-refractivity contribution in [2.45, 2.75) is 39.0 Å². The Morgan fingerprint density at radius 1 is 1.05 bits per heavy atom. The second-order valence-electron chi connectivity index (χ2n) is 5.44. The Morgan fingerprint density at radius 3 is 2.33 bits per heavy atom. The Morgan fingerprint density at radius 2 is 1.71 bits per heavy atom. The molecule has 0 heterocycles. The van der Waals surface area contributed by atoms with Gasteiger partial charge in [0.1, 0.15) is 0 Å². The van der Waals surface area contributed by atoms with E-state index in [1.807, 2.05) is 12.1 Å². The van der Waals surface area contributed by atoms with E-state index >= 15 is 0 Å². The third kappa shape index (κ3) is 3.91. The first-order valence-electron chi connectivity index (χ1n) is 7.43. The van der Waals surface area contributed by atoms with Crippen LogP contribution in [0.4, 0.5) is 5.69 Å². The van der Waals surface area contributed by atoms with Crippen LogP contribution in [0.3, 0.4) is 0 Å². The van der Waals surface area contributed by atoms with E-state index in [1.54, 1.807) is 12.1 Å². The van der Waals surface area contributed by atoms with Crippen molar-refractivity contribution in [2.75, 3.05) is 0 Å². The van der Waals surface area contributed by atoms with Gasteiger partial charge >= 0.3 is 0 Å². The van der Waals surface area contributed by atoms with Gasteiger partial charge in [-0.1, -0.05) is 56.3 Å². The second-order valence-corrected chi connectivity index (χ2v) is 5.44. The molecule has 0 saturated heterocycles. The molecule has 0 fully saturated rings. The van der Waals surface area contributed by atoms with Gasteiger partial charge in [-0.3, -0.25) is 10.1 Å². The van der Waals surface area contributed by atoms with Crippen LogP contribution in [0.25, 0.3) is 0 Å². The fourth-order valence-corrected chi connectivity index (χ4v) is 2.43. The second kappa shape index (κ2) is 7.02. The van der Waals surface area contributed by atoms with Crippen LogP contribution in [-0.4, -0.2) is 4.92 Å². The highest BCUT2D eigenvalue weighted by atomic mass is 16.6. The maximum absolute atomic E-state index is 11.0. The summed E-state index contributed by atoms with van der Waals surface area (Å²) in [4.78, 5) is 10.7. The van der Waals surface area contributed by atoms with Crippen molar-refractivity contribution < 1.29 is 4.92 Å². The van der Waals surface area contributed by atoms with Gasteiger partial charge in [-0.25, -0.2) is 0 Å². The smallest absolute Gasteiger partial charge is 0.258 e. The molecule has 3 heteroatoms. The number of benzene rings is 2. The molecule has 3 nitrogen and oxygen atoms in total. The van der Waals surface area contributed by atoms with E-state index < -0.39 is 0 Å². The lowest BCUT2D eigenvalue weighted by Crippen LogP contribution is -1.98. The Hall–Kier alpha value is -2.16. The lowest BCUT2D eigenvalue weighted by molar-refractivity contribution is -0.385. The van der Waals surface area contributed by atoms with Crippen LogP contribution in [0.5, 0.6) is 0 Å². The molecule has 0 spiro atoms. The highest BCUT2D eigenvalue weighted by Crippen LogP contribution is 2.22. The van der Waals surface area contributed by atoms with Crippen LogP contribution >= 0.6 is 0 Å². The number of nitrogens with zero attached hydrogens (tertiary/aromatic N) is 1. The van der Waals surface area contributed by atoms with E-state index in [1.165, 1.54) is 11.1 Å². The fourth-order valence-electron chi connectivity index (χ4n) is 2.43. The van der Waals surface area contributed by atoms with Crippen molar-refractivity contribution in [3.63, 3.8) is 0 Å². The Labute approximate surface area is 125 Å². The van der Waals surface area contributed by atoms with Gasteiger partial charge in [-0.05, 0) is 36.3 Å². The maximum atomic E-state index is 11.0. The monoisotopic (exact) mass is 283 g/mol. The summed E-state index contributed by atoms with van der Waals surface area (Å²) in [5.74, 6) is 0.578. The van der Waals surface area contributed by atoms with E-state index in [9.17, 15) is 10.1 Å². The molecule has 0 bridgehead atoms. The molecular formula is C18H21NO2. The lowest BCUT2D eigenvalue weighted by atomic mass is 9.96. The quantitative estimate of drug-likeness (QED) is 0.559. The Bertz CT molecular complexity index is 605. The van der Waals surface area contributed by atoms with E-state index in [4.69, 9.17) is 0 Å². The average Bonchev–Trinajstić information content (AvgIpc) is 2.52. The highest BCUT2D eigenvalue weighted by molar-refractivity contribution is 5.40. The number of hydrogen-bond donors (Lipinski definition) is 0. The minimum Gasteiger partial charge on any atom is -0.258 e. The molecule has 0 amide bonds. The first-order valence-corrected chi connectivity index (χ1v) is 7.43. The highest BCUT2D eigenvalue weighted by Gasteiger charge is 2.12. The standard InChI is InChI=1S/C18H21NO2/c1-3-14(2)16-11-8-15(9-12-16)10-13-17-6-4-5-7-18(17)19(20)21/h4-9,11-12,14H,3,10,13H2,1-2H3. The van der Waals surface area contributed by atoms with E-state index in [2.05, 4.69) is 38.1 Å². The van der Waals surface area contributed by atoms with Crippen LogP contribution in [-0.2, 0) is 12.8 Å². The van der Waals surface area contributed by atoms with Crippen molar-refractivity contribution in [1.29, 1.82) is 0 Å². The summed E-state index contributed by atoms with van der Waals surface area (Å²) in [5, 5.41) is 11.0. The summed E-state index contributed by atoms with van der Waals surface area (Å²) in [6, 6.07) is 15.6. The van der Waals surface area contributed by atoms with Crippen LogP contribution in [0.1, 0.15) is 42.9 Å². The molecule has 0 saturated carbocycles. The minimum absolute atomic E-state index is 0.216. The van der Waals surface area contributed by atoms with Crippen LogP contribution in [0, 0.1) is 10.1 Å². The normalized spacial score (nSPS) is 12.1. The van der Waals surface area contributed by atoms with E-state index in [-0.39, 0.29) is 10.6 Å². The SMILES string of the molecule is CCC(C)c1ccc(CCc2ccccc2[N+](=O)[O-])cc1. The van der Waals surface area contributed by atoms with Crippen molar-refractivity contribution >= 4 is 5.69 Å². The van der Waals surface area contributed by atoms with Crippen LogP contribution < -0.4 is 0 Å². The maximum Gasteiger partial charge on any atom is 0.272 e. The van der Waals surface area contributed by atoms with E-state index in [0.717, 1.165) is 18.4 Å². The first-order chi connectivity index (χ1) is 10.1. The zero-order valence-electron chi connectivity index (χ0n) is 12.6. The third-order valence-electron chi connectivity index (χ3n) is 4.03. The summed E-state index contributed by atoms with van der Waals surface area (Å²) in [7, 11) is 0. The third-order valence-corrected chi connectivity index (χ3v) is 4.03. The number of para-hydroxylation sites is 1. The predicted molar refractivity (Wildman–Crippen MR) is 85.7 cm³/mol. The topological polar surface area (TPSA) is 43.1 Å². The van der Waals surface area contributed by atoms with Gasteiger partial charge in [0.25, 0.3) is 5.69 Å². The van der Waals surface area contributed by atoms with Gasteiger partial charge in [-0.2, -0.15) is 0 Å². The summed E-state index contributed by atoms with van der Waals surface area (Å²) in [6.07, 6.45) is 2.65. The minimum atomic E-state index is -0.304. The molecule has 0 radical (unpaired) electrons. The molecule has 0 N–H and O–H groups in total. The zero-order valence-corrected chi connectivity index (χ0v) is 12.6. The number of rotatable bonds is 6. The Kier molecular flexibility index (Phi) is 5.09. The molecule has 0 aliphatic heterocycles. The zero-order chi connectivity index (χ0) is 15.2. The summed E-state index contributed by atoms with van der Waals surface area (Å²) < 4.78 is 0. The fraction of sp³-hybridized carbons (Fsp3) is 0.333. The van der Waals surface area contributed by atoms with Gasteiger partial charge in [0.05, 0.1) is 4.92 Å². The number of hydrogen-bond acceptors (Lipinski definition) is 2. The number of nitro groups is 1. The van der Waals surface area contributed by atoms with Gasteiger partial charge in [0.2, 0.25) is 0 Å². The van der Waals surface area contributed by atoms with Gasteiger partial charge in [-0.15, -0.1) is 0 Å². The van der Waals surface area contributed by atoms with Gasteiger partial charge in [0, 0.05) is 11.6 Å². The number of nitro benzene ring substituents is 1. The van der Waals surface area contributed by atoms with E-state index in [0.29, 0.717) is 12.3 Å². The van der Waals surface area contributed by atoms with Gasteiger partial charge in [0.15, 0.2) is 0 Å². The lowest BCUT2D eigenvalue weighted by Gasteiger charge is -2.10. The summed E-state index contributed by atoms with van der Waals surface area (Å²) in [6.45, 7) is 4.41. The molecule has 0 aromatic heterocycles. The molecule has 2 aromatic carbocycles. The van der Waals surface area contributed by atoms with Crippen LogP contribution in [0.2, 0.25) is 0 Å². The Balaban J connectivity index is 2.05. The van der Waals surface area contributed by atoms with Crippen molar-refractivity contribution in [1.82, 2.24) is 0 Å². The molecule has 2 aromatic rings. The summed E-state index contributed by atoms with van der Waals surface area (Å²) >= 11 is 0.